The summed E-state index contributed by atoms with van der Waals surface area (Å²) in [5.41, 5.74) is 4.87. The van der Waals surface area contributed by atoms with Crippen molar-refractivity contribution in [1.82, 2.24) is 15.4 Å². The van der Waals surface area contributed by atoms with Crippen molar-refractivity contribution in [1.29, 1.82) is 0 Å². The van der Waals surface area contributed by atoms with Crippen LogP contribution in [0.15, 0.2) is 53.3 Å². The Labute approximate surface area is 166 Å². The summed E-state index contributed by atoms with van der Waals surface area (Å²) in [7, 11) is 4.67. The predicted molar refractivity (Wildman–Crippen MR) is 107 cm³/mol. The maximum atomic E-state index is 12.7. The number of methoxy groups -OCH3 is 1. The van der Waals surface area contributed by atoms with Crippen molar-refractivity contribution in [2.75, 3.05) is 27.8 Å². The van der Waals surface area contributed by atoms with Gasteiger partial charge < -0.3 is 9.47 Å². The fourth-order valence-electron chi connectivity index (χ4n) is 2.58. The zero-order chi connectivity index (χ0) is 21.1. The molecule has 0 aliphatic heterocycles. The number of hydrogen-bond donors (Lipinski definition) is 2. The molecule has 28 heavy (non-hydrogen) atoms. The lowest BCUT2D eigenvalue weighted by Gasteiger charge is -2.27. The predicted octanol–water partition coefficient (Wildman–Crippen LogP) is 2.35. The highest BCUT2D eigenvalue weighted by Crippen LogP contribution is 2.22. The van der Waals surface area contributed by atoms with E-state index in [1.165, 1.54) is 12.1 Å². The van der Waals surface area contributed by atoms with Crippen LogP contribution in [0.3, 0.4) is 0 Å². The normalized spacial score (nSPS) is 12.3. The maximum Gasteiger partial charge on any atom is 0.352 e. The molecule has 0 saturated carbocycles. The first kappa shape index (κ1) is 23.4. The van der Waals surface area contributed by atoms with E-state index in [1.54, 1.807) is 27.1 Å². The molecule has 0 bridgehead atoms. The monoisotopic (exact) mass is 390 g/mol. The molecule has 0 aliphatic carbocycles. The topological polar surface area (TPSA) is 97.1 Å². The number of hydrazine groups is 2. The van der Waals surface area contributed by atoms with E-state index < -0.39 is 12.0 Å². The fourth-order valence-corrected chi connectivity index (χ4v) is 2.58. The average Bonchev–Trinajstić information content (AvgIpc) is 2.72. The number of allylic oxidation sites excluding steroid dienone is 2. The smallest absolute Gasteiger partial charge is 0.352 e. The molecule has 0 atom stereocenters. The number of amides is 2. The van der Waals surface area contributed by atoms with Crippen molar-refractivity contribution in [2.45, 2.75) is 26.9 Å². The standard InChI is InChI=1S/C20H30N4O4/c1-6-16(19(25)28-13-15-11-9-8-10-12-15)17(14-27-5)18(7-2)24(21)20(26)23(4)22-3/h6,8-12,22H,7,13-14,21H2,1-5H3/b16-6+,18-17+. The number of rotatable bonds is 9. The van der Waals surface area contributed by atoms with E-state index in [4.69, 9.17) is 15.3 Å². The summed E-state index contributed by atoms with van der Waals surface area (Å²) in [4.78, 5) is 25.1. The molecule has 0 spiro atoms. The van der Waals surface area contributed by atoms with Crippen molar-refractivity contribution < 1.29 is 19.1 Å². The summed E-state index contributed by atoms with van der Waals surface area (Å²) in [6.45, 7) is 3.82. The third kappa shape index (κ3) is 6.19. The lowest BCUT2D eigenvalue weighted by atomic mass is 10.0. The van der Waals surface area contributed by atoms with Crippen molar-refractivity contribution in [3.63, 3.8) is 0 Å². The number of carbonyl (C=O) groups is 2. The molecule has 1 aromatic rings. The molecule has 1 rings (SSSR count). The Morgan fingerprint density at radius 3 is 2.39 bits per heavy atom. The Bertz CT molecular complexity index is 716. The number of benzene rings is 1. The van der Waals surface area contributed by atoms with Gasteiger partial charge in [0.25, 0.3) is 0 Å². The Hall–Kier alpha value is -2.68. The number of nitrogens with zero attached hydrogens (tertiary/aromatic N) is 2. The second-order valence-corrected chi connectivity index (χ2v) is 5.91. The van der Waals surface area contributed by atoms with Gasteiger partial charge in [0, 0.05) is 32.5 Å². The maximum absolute atomic E-state index is 12.7. The zero-order valence-corrected chi connectivity index (χ0v) is 17.2. The summed E-state index contributed by atoms with van der Waals surface area (Å²) in [5, 5.41) is 2.25. The molecule has 0 saturated heterocycles. The van der Waals surface area contributed by atoms with Gasteiger partial charge in [-0.25, -0.2) is 25.9 Å². The first-order chi connectivity index (χ1) is 13.4. The second kappa shape index (κ2) is 11.9. The molecule has 0 heterocycles. The first-order valence-corrected chi connectivity index (χ1v) is 8.99. The van der Waals surface area contributed by atoms with E-state index in [0.29, 0.717) is 23.3 Å². The van der Waals surface area contributed by atoms with Gasteiger partial charge in [-0.3, -0.25) is 5.01 Å². The summed E-state index contributed by atoms with van der Waals surface area (Å²) >= 11 is 0. The molecule has 3 N–H and O–H groups in total. The van der Waals surface area contributed by atoms with E-state index in [-0.39, 0.29) is 13.2 Å². The van der Waals surface area contributed by atoms with Gasteiger partial charge in [-0.2, -0.15) is 0 Å². The van der Waals surface area contributed by atoms with Crippen LogP contribution in [-0.4, -0.2) is 49.8 Å². The van der Waals surface area contributed by atoms with E-state index in [1.807, 2.05) is 37.3 Å². The quantitative estimate of drug-likeness (QED) is 0.168. The highest BCUT2D eigenvalue weighted by Gasteiger charge is 2.25. The van der Waals surface area contributed by atoms with Crippen molar-refractivity contribution in [2.24, 2.45) is 5.84 Å². The Kier molecular flexibility index (Phi) is 9.94. The average molecular weight is 390 g/mol. The molecular weight excluding hydrogens is 360 g/mol. The molecule has 0 fully saturated rings. The SMILES string of the molecule is C/C=C(C(=O)OCc1ccccc1)\C(COC)=C(/CC)N(N)C(=O)N(C)NC. The largest absolute Gasteiger partial charge is 0.457 e. The summed E-state index contributed by atoms with van der Waals surface area (Å²) < 4.78 is 10.7. The van der Waals surface area contributed by atoms with E-state index in [2.05, 4.69) is 5.43 Å². The van der Waals surface area contributed by atoms with Gasteiger partial charge >= 0.3 is 12.0 Å². The van der Waals surface area contributed by atoms with Crippen LogP contribution in [0.25, 0.3) is 0 Å². The molecule has 0 unspecified atom stereocenters. The molecule has 0 aromatic heterocycles. The number of carbonyl (C=O) groups excluding carboxylic acids is 2. The molecule has 1 aromatic carbocycles. The summed E-state index contributed by atoms with van der Waals surface area (Å²) in [6, 6.07) is 8.92. The van der Waals surface area contributed by atoms with Gasteiger partial charge in [0.15, 0.2) is 0 Å². The van der Waals surface area contributed by atoms with E-state index >= 15 is 0 Å². The molecule has 8 nitrogen and oxygen atoms in total. The number of ether oxygens (including phenoxy) is 2. The molecule has 154 valence electrons. The Balaban J connectivity index is 3.16. The third-order valence-corrected chi connectivity index (χ3v) is 4.14. The van der Waals surface area contributed by atoms with Crippen LogP contribution in [0.5, 0.6) is 0 Å². The lowest BCUT2D eigenvalue weighted by Crippen LogP contribution is -2.49. The van der Waals surface area contributed by atoms with Crippen molar-refractivity contribution in [3.05, 3.63) is 58.8 Å². The van der Waals surface area contributed by atoms with E-state index in [0.717, 1.165) is 10.6 Å². The van der Waals surface area contributed by atoms with Gasteiger partial charge in [0.1, 0.15) is 6.61 Å². The third-order valence-electron chi connectivity index (χ3n) is 4.14. The first-order valence-electron chi connectivity index (χ1n) is 8.99. The number of esters is 1. The minimum absolute atomic E-state index is 0.105. The van der Waals surface area contributed by atoms with Gasteiger partial charge in [0.05, 0.1) is 12.2 Å². The summed E-state index contributed by atoms with van der Waals surface area (Å²) in [5.74, 6) is 5.54. The number of hydrogen-bond acceptors (Lipinski definition) is 6. The molecular formula is C20H30N4O4. The number of nitrogens with one attached hydrogen (secondary N) is 1. The van der Waals surface area contributed by atoms with Gasteiger partial charge in [-0.1, -0.05) is 43.3 Å². The van der Waals surface area contributed by atoms with Crippen LogP contribution in [0.1, 0.15) is 25.8 Å². The van der Waals surface area contributed by atoms with Gasteiger partial charge in [0.2, 0.25) is 0 Å². The fraction of sp³-hybridized carbons (Fsp3) is 0.400. The van der Waals surface area contributed by atoms with Crippen LogP contribution in [0.2, 0.25) is 0 Å². The van der Waals surface area contributed by atoms with Gasteiger partial charge in [-0.05, 0) is 18.9 Å². The zero-order valence-electron chi connectivity index (χ0n) is 17.2. The number of nitrogens with two attached hydrogens (primary N) is 1. The van der Waals surface area contributed by atoms with Crippen LogP contribution >= 0.6 is 0 Å². The Morgan fingerprint density at radius 2 is 1.89 bits per heavy atom. The molecule has 0 radical (unpaired) electrons. The highest BCUT2D eigenvalue weighted by molar-refractivity contribution is 5.94. The summed E-state index contributed by atoms with van der Waals surface area (Å²) in [6.07, 6.45) is 2.05. The van der Waals surface area contributed by atoms with Crippen molar-refractivity contribution in [3.8, 4) is 0 Å². The Morgan fingerprint density at radius 1 is 1.25 bits per heavy atom. The van der Waals surface area contributed by atoms with Crippen LogP contribution in [-0.2, 0) is 20.9 Å². The minimum Gasteiger partial charge on any atom is -0.457 e. The number of urea groups is 1. The van der Waals surface area contributed by atoms with Crippen LogP contribution in [0, 0.1) is 0 Å². The van der Waals surface area contributed by atoms with Gasteiger partial charge in [-0.15, -0.1) is 0 Å². The molecule has 0 aliphatic rings. The molecule has 2 amide bonds. The van der Waals surface area contributed by atoms with Crippen molar-refractivity contribution >= 4 is 12.0 Å². The minimum atomic E-state index is -0.507. The van der Waals surface area contributed by atoms with E-state index in [9.17, 15) is 9.59 Å². The second-order valence-electron chi connectivity index (χ2n) is 5.91. The highest BCUT2D eigenvalue weighted by atomic mass is 16.5. The van der Waals surface area contributed by atoms with Crippen LogP contribution < -0.4 is 11.3 Å². The lowest BCUT2D eigenvalue weighted by molar-refractivity contribution is -0.140. The van der Waals surface area contributed by atoms with Crippen LogP contribution in [0.4, 0.5) is 4.79 Å². The molecule has 8 heteroatoms.